The summed E-state index contributed by atoms with van der Waals surface area (Å²) >= 11 is 0. The first-order valence-corrected chi connectivity index (χ1v) is 8.87. The Bertz CT molecular complexity index is 401. The van der Waals surface area contributed by atoms with Crippen LogP contribution in [0.2, 0.25) is 0 Å². The molecule has 2 aliphatic carbocycles. The molecule has 3 rings (SSSR count). The van der Waals surface area contributed by atoms with E-state index in [0.717, 1.165) is 12.8 Å². The molecule has 0 spiro atoms. The molecule has 1 atom stereocenters. The average molecular weight is 292 g/mol. The van der Waals surface area contributed by atoms with E-state index in [4.69, 9.17) is 4.74 Å². The van der Waals surface area contributed by atoms with Gasteiger partial charge in [-0.1, -0.05) is 64.2 Å². The van der Waals surface area contributed by atoms with Crippen molar-refractivity contribution < 1.29 is 14.6 Å². The predicted molar refractivity (Wildman–Crippen MR) is 81.9 cm³/mol. The van der Waals surface area contributed by atoms with Gasteiger partial charge in [0.15, 0.2) is 6.10 Å². The summed E-state index contributed by atoms with van der Waals surface area (Å²) in [4.78, 5) is 12.1. The molecule has 1 aliphatic heterocycles. The normalized spacial score (nSPS) is 29.0. The van der Waals surface area contributed by atoms with E-state index in [0.29, 0.717) is 17.4 Å². The van der Waals surface area contributed by atoms with Crippen molar-refractivity contribution in [3.05, 3.63) is 11.3 Å². The van der Waals surface area contributed by atoms with Crippen molar-refractivity contribution in [2.75, 3.05) is 0 Å². The maximum absolute atomic E-state index is 12.1. The van der Waals surface area contributed by atoms with Gasteiger partial charge in [-0.2, -0.15) is 0 Å². The van der Waals surface area contributed by atoms with Gasteiger partial charge in [0.2, 0.25) is 0 Å². The van der Waals surface area contributed by atoms with Gasteiger partial charge in [0.1, 0.15) is 5.76 Å². The number of ether oxygens (including phenoxy) is 1. The van der Waals surface area contributed by atoms with E-state index in [2.05, 4.69) is 0 Å². The minimum atomic E-state index is -0.348. The second kappa shape index (κ2) is 6.85. The molecule has 3 aliphatic rings. The summed E-state index contributed by atoms with van der Waals surface area (Å²) in [5, 5.41) is 10.4. The Morgan fingerprint density at radius 3 is 2.10 bits per heavy atom. The SMILES string of the molecule is O=C1O[C@H](CC2CCCCC2)C(O)=C1CC1CCCCC1. The van der Waals surface area contributed by atoms with E-state index in [9.17, 15) is 9.90 Å². The van der Waals surface area contributed by atoms with Crippen LogP contribution in [0.4, 0.5) is 0 Å². The molecule has 2 saturated carbocycles. The number of cyclic esters (lactones) is 1. The van der Waals surface area contributed by atoms with Crippen LogP contribution in [0, 0.1) is 11.8 Å². The number of hydrogen-bond acceptors (Lipinski definition) is 3. The molecule has 2 fully saturated rings. The molecule has 1 N–H and O–H groups in total. The van der Waals surface area contributed by atoms with Crippen molar-refractivity contribution in [3.63, 3.8) is 0 Å². The van der Waals surface area contributed by atoms with E-state index in [1.165, 1.54) is 64.2 Å². The fourth-order valence-corrected chi connectivity index (χ4v) is 4.31. The van der Waals surface area contributed by atoms with Gasteiger partial charge in [-0.25, -0.2) is 4.79 Å². The van der Waals surface area contributed by atoms with E-state index in [1.807, 2.05) is 0 Å². The smallest absolute Gasteiger partial charge is 0.338 e. The minimum absolute atomic E-state index is 0.251. The van der Waals surface area contributed by atoms with E-state index in [1.54, 1.807) is 0 Å². The van der Waals surface area contributed by atoms with Gasteiger partial charge >= 0.3 is 5.97 Å². The third-order valence-corrected chi connectivity index (χ3v) is 5.60. The monoisotopic (exact) mass is 292 g/mol. The van der Waals surface area contributed by atoms with E-state index in [-0.39, 0.29) is 17.8 Å². The summed E-state index contributed by atoms with van der Waals surface area (Å²) in [7, 11) is 0. The summed E-state index contributed by atoms with van der Waals surface area (Å²) in [5.74, 6) is 1.19. The van der Waals surface area contributed by atoms with Crippen molar-refractivity contribution in [2.45, 2.75) is 83.2 Å². The molecule has 0 aromatic rings. The fourth-order valence-electron chi connectivity index (χ4n) is 4.31. The summed E-state index contributed by atoms with van der Waals surface area (Å²) in [6.07, 6.45) is 13.8. The Labute approximate surface area is 127 Å². The van der Waals surface area contributed by atoms with Gasteiger partial charge in [-0.05, 0) is 24.7 Å². The number of carbonyl (C=O) groups is 1. The lowest BCUT2D eigenvalue weighted by Crippen LogP contribution is -2.18. The molecule has 3 heteroatoms. The number of esters is 1. The molecule has 0 radical (unpaired) electrons. The number of aliphatic hydroxyl groups is 1. The predicted octanol–water partition coefficient (Wildman–Crippen LogP) is 4.66. The van der Waals surface area contributed by atoms with Gasteiger partial charge in [0.25, 0.3) is 0 Å². The Hall–Kier alpha value is -0.990. The third kappa shape index (κ3) is 3.61. The summed E-state index contributed by atoms with van der Waals surface area (Å²) in [5.41, 5.74) is 0.586. The first-order chi connectivity index (χ1) is 10.2. The Morgan fingerprint density at radius 1 is 0.905 bits per heavy atom. The Kier molecular flexibility index (Phi) is 4.87. The van der Waals surface area contributed by atoms with Crippen LogP contribution in [-0.2, 0) is 9.53 Å². The van der Waals surface area contributed by atoms with E-state index < -0.39 is 0 Å². The topological polar surface area (TPSA) is 46.5 Å². The van der Waals surface area contributed by atoms with Crippen molar-refractivity contribution >= 4 is 5.97 Å². The molecular formula is C18H28O3. The average Bonchev–Trinajstić information content (AvgIpc) is 2.77. The van der Waals surface area contributed by atoms with Crippen LogP contribution in [0.3, 0.4) is 0 Å². The quantitative estimate of drug-likeness (QED) is 0.766. The first-order valence-electron chi connectivity index (χ1n) is 8.87. The Morgan fingerprint density at radius 2 is 1.48 bits per heavy atom. The van der Waals surface area contributed by atoms with Gasteiger partial charge in [0, 0.05) is 0 Å². The van der Waals surface area contributed by atoms with Gasteiger partial charge in [-0.3, -0.25) is 0 Å². The summed E-state index contributed by atoms with van der Waals surface area (Å²) < 4.78 is 5.47. The Balaban J connectivity index is 1.60. The molecule has 0 bridgehead atoms. The number of carbonyl (C=O) groups excluding carboxylic acids is 1. The molecule has 1 heterocycles. The number of hydrogen-bond donors (Lipinski definition) is 1. The van der Waals surface area contributed by atoms with Gasteiger partial charge in [0.05, 0.1) is 5.57 Å². The molecule has 0 unspecified atom stereocenters. The molecule has 3 nitrogen and oxygen atoms in total. The lowest BCUT2D eigenvalue weighted by atomic mass is 9.83. The zero-order valence-electron chi connectivity index (χ0n) is 13.0. The molecule has 0 aromatic carbocycles. The molecular weight excluding hydrogens is 264 g/mol. The highest BCUT2D eigenvalue weighted by Crippen LogP contribution is 2.36. The van der Waals surface area contributed by atoms with Crippen LogP contribution in [0.1, 0.15) is 77.0 Å². The van der Waals surface area contributed by atoms with Crippen molar-refractivity contribution in [1.29, 1.82) is 0 Å². The number of rotatable bonds is 4. The van der Waals surface area contributed by atoms with Gasteiger partial charge < -0.3 is 9.84 Å². The highest BCUT2D eigenvalue weighted by Gasteiger charge is 2.36. The largest absolute Gasteiger partial charge is 0.508 e. The highest BCUT2D eigenvalue weighted by molar-refractivity contribution is 5.91. The van der Waals surface area contributed by atoms with Crippen LogP contribution in [0.5, 0.6) is 0 Å². The van der Waals surface area contributed by atoms with Crippen molar-refractivity contribution in [2.24, 2.45) is 11.8 Å². The van der Waals surface area contributed by atoms with E-state index >= 15 is 0 Å². The second-order valence-corrected chi connectivity index (χ2v) is 7.21. The first kappa shape index (κ1) is 14.9. The van der Waals surface area contributed by atoms with Crippen molar-refractivity contribution in [1.82, 2.24) is 0 Å². The number of aliphatic hydroxyl groups excluding tert-OH is 1. The maximum atomic E-state index is 12.1. The lowest BCUT2D eigenvalue weighted by Gasteiger charge is -2.23. The van der Waals surface area contributed by atoms with Crippen molar-refractivity contribution in [3.8, 4) is 0 Å². The van der Waals surface area contributed by atoms with Gasteiger partial charge in [-0.15, -0.1) is 0 Å². The molecule has 0 saturated heterocycles. The third-order valence-electron chi connectivity index (χ3n) is 5.60. The molecule has 118 valence electrons. The summed E-state index contributed by atoms with van der Waals surface area (Å²) in [6.45, 7) is 0. The zero-order valence-corrected chi connectivity index (χ0v) is 13.0. The zero-order chi connectivity index (χ0) is 14.7. The van der Waals surface area contributed by atoms with Crippen LogP contribution < -0.4 is 0 Å². The van der Waals surface area contributed by atoms with Crippen LogP contribution >= 0.6 is 0 Å². The minimum Gasteiger partial charge on any atom is -0.508 e. The van der Waals surface area contributed by atoms with Crippen LogP contribution in [0.25, 0.3) is 0 Å². The lowest BCUT2D eigenvalue weighted by molar-refractivity contribution is -0.141. The molecule has 0 amide bonds. The fraction of sp³-hybridized carbons (Fsp3) is 0.833. The second-order valence-electron chi connectivity index (χ2n) is 7.21. The maximum Gasteiger partial charge on any atom is 0.338 e. The standard InChI is InChI=1S/C18H28O3/c19-17-15(11-13-7-3-1-4-8-13)18(20)21-16(17)12-14-9-5-2-6-10-14/h13-14,16,19H,1-12H2/t16-/m1/s1. The van der Waals surface area contributed by atoms with Crippen LogP contribution in [-0.4, -0.2) is 17.2 Å². The van der Waals surface area contributed by atoms with Crippen LogP contribution in [0.15, 0.2) is 11.3 Å². The molecule has 21 heavy (non-hydrogen) atoms. The highest BCUT2D eigenvalue weighted by atomic mass is 16.6. The molecule has 0 aromatic heterocycles. The summed E-state index contributed by atoms with van der Waals surface area (Å²) in [6, 6.07) is 0.